The molecule has 7 aliphatic rings. The minimum Gasteiger partial charge on any atom is -0.748 e. The van der Waals surface area contributed by atoms with Crippen molar-refractivity contribution in [1.29, 1.82) is 0 Å². The molecule has 9 nitrogen and oxygen atoms in total. The number of phenols is 1. The summed E-state index contributed by atoms with van der Waals surface area (Å²) in [5.74, 6) is -0.195. The first-order valence-corrected chi connectivity index (χ1v) is 17.6. The van der Waals surface area contributed by atoms with Gasteiger partial charge in [-0.3, -0.25) is 0 Å². The molecular weight excluding hydrogens is 625 g/mol. The molecule has 3 aliphatic carbocycles. The van der Waals surface area contributed by atoms with E-state index in [1.807, 2.05) is 42.5 Å². The van der Waals surface area contributed by atoms with Crippen molar-refractivity contribution in [1.82, 2.24) is 0 Å². The number of hydrogen-bond donors (Lipinski definition) is 4. The molecule has 3 aromatic carbocycles. The summed E-state index contributed by atoms with van der Waals surface area (Å²) in [6.45, 7) is 2.13. The maximum absolute atomic E-state index is 13.4. The van der Waals surface area contributed by atoms with E-state index in [-0.39, 0.29) is 71.4 Å². The summed E-state index contributed by atoms with van der Waals surface area (Å²) in [7, 11) is -4.77. The smallest absolute Gasteiger partial charge is 0.748 e. The van der Waals surface area contributed by atoms with E-state index in [1.165, 1.54) is 12.1 Å². The molecule has 0 saturated heterocycles. The first kappa shape index (κ1) is 34.0. The number of aryl methyl sites for hydroxylation is 2. The number of aliphatic hydroxyl groups excluding tert-OH is 1. The Hall–Kier alpha value is -2.86. The van der Waals surface area contributed by atoms with Gasteiger partial charge in [-0.1, -0.05) is 43.3 Å². The molecule has 0 fully saturated rings. The summed E-state index contributed by atoms with van der Waals surface area (Å²) in [6, 6.07) is 18.3. The van der Waals surface area contributed by atoms with E-state index in [0.29, 0.717) is 23.3 Å². The number of aliphatic imine (C=N–C) groups is 1. The fourth-order valence-corrected chi connectivity index (χ4v) is 9.69. The third-order valence-electron chi connectivity index (χ3n) is 10.9. The molecule has 10 rings (SSSR count). The average molecular weight is 666 g/mol. The molecule has 242 valence electrons. The van der Waals surface area contributed by atoms with Crippen molar-refractivity contribution in [2.75, 3.05) is 0 Å². The Morgan fingerprint density at radius 2 is 1.70 bits per heavy atom. The second-order valence-electron chi connectivity index (χ2n) is 13.6. The zero-order valence-corrected chi connectivity index (χ0v) is 29.6. The molecule has 47 heavy (non-hydrogen) atoms. The summed E-state index contributed by atoms with van der Waals surface area (Å²) in [5, 5.41) is 20.2. The predicted octanol–water partition coefficient (Wildman–Crippen LogP) is 2.06. The molecule has 8 unspecified atom stereocenters. The topological polar surface area (TPSA) is 171 Å². The number of ether oxygens (including phenoxy) is 1. The van der Waals surface area contributed by atoms with Gasteiger partial charge in [0.15, 0.2) is 5.96 Å². The fraction of sp³-hybridized carbons (Fsp3) is 0.417. The van der Waals surface area contributed by atoms with Crippen LogP contribution in [0.4, 0.5) is 0 Å². The van der Waals surface area contributed by atoms with Gasteiger partial charge in [0, 0.05) is 5.56 Å². The molecule has 0 radical (unpaired) electrons. The van der Waals surface area contributed by atoms with E-state index in [9.17, 15) is 23.2 Å². The van der Waals surface area contributed by atoms with Gasteiger partial charge in [-0.25, -0.2) is 13.4 Å². The van der Waals surface area contributed by atoms with E-state index >= 15 is 0 Å². The summed E-state index contributed by atoms with van der Waals surface area (Å²) in [5.41, 5.74) is 18.0. The minimum atomic E-state index is -4.77. The monoisotopic (exact) mass is 665 g/mol. The van der Waals surface area contributed by atoms with Gasteiger partial charge >= 0.3 is 29.6 Å². The van der Waals surface area contributed by atoms with E-state index in [4.69, 9.17) is 16.2 Å². The summed E-state index contributed by atoms with van der Waals surface area (Å²) in [6.07, 6.45) is 4.06. The second kappa shape index (κ2) is 13.2. The van der Waals surface area contributed by atoms with Gasteiger partial charge < -0.3 is 31.0 Å². The summed E-state index contributed by atoms with van der Waals surface area (Å²) < 4.78 is 46.7. The van der Waals surface area contributed by atoms with Crippen molar-refractivity contribution in [3.05, 3.63) is 106 Å². The predicted molar refractivity (Wildman–Crippen MR) is 174 cm³/mol. The van der Waals surface area contributed by atoms with Gasteiger partial charge in [-0.15, -0.1) is 0 Å². The van der Waals surface area contributed by atoms with Gasteiger partial charge in [-0.05, 0) is 132 Å². The molecule has 8 bridgehead atoms. The molecule has 0 amide bonds. The van der Waals surface area contributed by atoms with Crippen LogP contribution < -0.4 is 45.8 Å². The van der Waals surface area contributed by atoms with Crippen LogP contribution in [0.5, 0.6) is 11.5 Å². The Morgan fingerprint density at radius 3 is 2.43 bits per heavy atom. The van der Waals surface area contributed by atoms with Crippen LogP contribution in [0.25, 0.3) is 0 Å². The van der Waals surface area contributed by atoms with Gasteiger partial charge in [0.25, 0.3) is 0 Å². The van der Waals surface area contributed by atoms with Crippen molar-refractivity contribution < 1.29 is 57.5 Å². The number of nitrogens with two attached hydrogens (primary N) is 2. The van der Waals surface area contributed by atoms with Crippen molar-refractivity contribution in [3.8, 4) is 11.5 Å². The van der Waals surface area contributed by atoms with Crippen LogP contribution in [-0.4, -0.2) is 34.4 Å². The van der Waals surface area contributed by atoms with Crippen molar-refractivity contribution in [2.45, 2.75) is 74.9 Å². The van der Waals surface area contributed by atoms with Gasteiger partial charge in [0.05, 0.1) is 15.4 Å². The Kier molecular flexibility index (Phi) is 9.56. The Balaban J connectivity index is 0.00000386. The molecule has 4 aliphatic heterocycles. The second-order valence-corrected chi connectivity index (χ2v) is 15.2. The Morgan fingerprint density at radius 1 is 1.00 bits per heavy atom. The largest absolute Gasteiger partial charge is 1.00 e. The molecular formula is C36H40N3NaO6S. The fourth-order valence-electron chi connectivity index (χ4n) is 8.61. The van der Waals surface area contributed by atoms with Crippen LogP contribution in [0.2, 0.25) is 0 Å². The van der Waals surface area contributed by atoms with E-state index < -0.39 is 33.6 Å². The number of nitrogens with zero attached hydrogens (tertiary/aromatic N) is 1. The number of allylic oxidation sites excluding steroid dienone is 1. The van der Waals surface area contributed by atoms with Crippen LogP contribution in [0, 0.1) is 17.8 Å². The molecule has 3 aromatic rings. The summed E-state index contributed by atoms with van der Waals surface area (Å²) >= 11 is 0. The maximum atomic E-state index is 13.4. The molecule has 0 saturated carbocycles. The quantitative estimate of drug-likeness (QED) is 0.108. The zero-order chi connectivity index (χ0) is 32.3. The van der Waals surface area contributed by atoms with Crippen molar-refractivity contribution in [3.63, 3.8) is 0 Å². The van der Waals surface area contributed by atoms with Crippen molar-refractivity contribution in [2.24, 2.45) is 34.2 Å². The molecule has 0 aromatic heterocycles. The number of hydrogen-bond acceptors (Lipinski definition) is 7. The first-order chi connectivity index (χ1) is 22.0. The number of phenolic OH excluding ortho intramolecular Hbond substituents is 1. The SMILES string of the molecule is CC1CCc2cc3ccc2C1CC(S(=O)(=O)[O-])C1C=C(C(O)c2ccc(O)cc2)CC2CCc4cc(ccc4C21)C(N=C(N)N)O3.[Na+]. The molecule has 0 spiro atoms. The van der Waals surface area contributed by atoms with Crippen LogP contribution in [-0.2, 0) is 23.0 Å². The van der Waals surface area contributed by atoms with E-state index in [0.717, 1.165) is 53.5 Å². The number of benzene rings is 3. The van der Waals surface area contributed by atoms with Crippen LogP contribution in [0.3, 0.4) is 0 Å². The van der Waals surface area contributed by atoms with Crippen LogP contribution in [0.15, 0.2) is 77.3 Å². The summed E-state index contributed by atoms with van der Waals surface area (Å²) in [4.78, 5) is 4.42. The number of rotatable bonds is 4. The van der Waals surface area contributed by atoms with Crippen LogP contribution >= 0.6 is 0 Å². The Labute approximate surface area is 298 Å². The third kappa shape index (κ3) is 6.60. The molecule has 8 atom stereocenters. The first-order valence-electron chi connectivity index (χ1n) is 16.1. The third-order valence-corrected chi connectivity index (χ3v) is 12.1. The molecule has 6 N–H and O–H groups in total. The average Bonchev–Trinajstić information content (AvgIpc) is 3.02. The van der Waals surface area contributed by atoms with Gasteiger partial charge in [-0.2, -0.15) is 0 Å². The van der Waals surface area contributed by atoms with Gasteiger partial charge in [0.2, 0.25) is 6.23 Å². The van der Waals surface area contributed by atoms with Crippen LogP contribution in [0.1, 0.15) is 90.2 Å². The standard InChI is InChI=1S/C36H41N3O6S.Na/c1-19-2-3-22-16-27-11-13-28(22)30(19)18-32(46(42,43)44)31-17-25(34(41)20-6-9-26(40)10-7-20)15-23-5-4-21-14-24(8-12-29(21)33(23)31)35(45-27)39-36(37)38;/h6-14,16-17,19,23,30-35,40-41H,2-5,15,18H2,1H3,(H4,37,38,39)(H,42,43,44);/q;+1/p-1. The number of aromatic hydroxyl groups is 1. The molecule has 4 heterocycles. The normalized spacial score (nSPS) is 28.5. The minimum absolute atomic E-state index is 0. The number of guanidine groups is 1. The molecule has 11 heteroatoms. The van der Waals surface area contributed by atoms with E-state index in [1.54, 1.807) is 12.1 Å². The van der Waals surface area contributed by atoms with E-state index in [2.05, 4.69) is 11.9 Å². The zero-order valence-electron chi connectivity index (χ0n) is 26.7. The maximum Gasteiger partial charge on any atom is 1.00 e. The Bertz CT molecular complexity index is 1820. The van der Waals surface area contributed by atoms with Gasteiger partial charge in [0.1, 0.15) is 17.6 Å². The number of aliphatic hydroxyl groups is 1. The van der Waals surface area contributed by atoms with Crippen molar-refractivity contribution >= 4 is 16.1 Å².